The third-order valence-corrected chi connectivity index (χ3v) is 5.64. The molecule has 0 aromatic heterocycles. The smallest absolute Gasteiger partial charge is 0.262 e. The first-order valence-corrected chi connectivity index (χ1v) is 10.9. The lowest BCUT2D eigenvalue weighted by Gasteiger charge is -2.26. The molecular weight excluding hydrogens is 430 g/mol. The molecule has 170 valence electrons. The minimum atomic E-state index is -0.280. The van der Waals surface area contributed by atoms with Crippen LogP contribution in [0.15, 0.2) is 53.6 Å². The number of halogens is 1. The van der Waals surface area contributed by atoms with E-state index in [0.717, 1.165) is 22.6 Å². The first-order valence-electron chi connectivity index (χ1n) is 10.5. The van der Waals surface area contributed by atoms with Gasteiger partial charge >= 0.3 is 0 Å². The Balaban J connectivity index is 1.88. The van der Waals surface area contributed by atoms with Crippen LogP contribution in [0.4, 0.5) is 0 Å². The fraction of sp³-hybridized carbons (Fsp3) is 0.375. The van der Waals surface area contributed by atoms with E-state index in [-0.39, 0.29) is 24.4 Å². The molecule has 0 saturated heterocycles. The van der Waals surface area contributed by atoms with Crippen LogP contribution in [0.2, 0.25) is 5.02 Å². The molecule has 0 bridgehead atoms. The maximum absolute atomic E-state index is 13.3. The number of carbonyl (C=O) groups is 2. The molecule has 1 heterocycles. The molecule has 0 radical (unpaired) electrons. The van der Waals surface area contributed by atoms with Gasteiger partial charge in [-0.15, -0.1) is 0 Å². The largest absolute Gasteiger partial charge is 0.497 e. The van der Waals surface area contributed by atoms with Crippen molar-refractivity contribution in [2.75, 3.05) is 33.9 Å². The van der Waals surface area contributed by atoms with Gasteiger partial charge < -0.3 is 14.4 Å². The van der Waals surface area contributed by atoms with Crippen molar-refractivity contribution in [3.05, 3.63) is 64.7 Å². The number of ether oxygens (including phenoxy) is 2. The van der Waals surface area contributed by atoms with Gasteiger partial charge in [-0.3, -0.25) is 9.59 Å². The predicted octanol–water partition coefficient (Wildman–Crippen LogP) is 3.91. The number of carbonyl (C=O) groups excluding carboxylic acids is 2. The number of amides is 2. The summed E-state index contributed by atoms with van der Waals surface area (Å²) in [7, 11) is 3.19. The fourth-order valence-electron chi connectivity index (χ4n) is 3.60. The maximum Gasteiger partial charge on any atom is 0.262 e. The van der Waals surface area contributed by atoms with Crippen LogP contribution in [-0.2, 0) is 14.3 Å². The minimum Gasteiger partial charge on any atom is -0.497 e. The Kier molecular flexibility index (Phi) is 8.25. The summed E-state index contributed by atoms with van der Waals surface area (Å²) in [5.41, 5.74) is 2.65. The van der Waals surface area contributed by atoms with Crippen LogP contribution >= 0.6 is 11.6 Å². The van der Waals surface area contributed by atoms with Gasteiger partial charge in [-0.25, -0.2) is 5.01 Å². The average Bonchev–Trinajstić information content (AvgIpc) is 3.27. The molecule has 1 atom stereocenters. The number of methoxy groups -OCH3 is 2. The predicted molar refractivity (Wildman–Crippen MR) is 124 cm³/mol. The van der Waals surface area contributed by atoms with E-state index >= 15 is 0 Å². The quantitative estimate of drug-likeness (QED) is 0.572. The fourth-order valence-corrected chi connectivity index (χ4v) is 3.72. The Bertz CT molecular complexity index is 960. The Labute approximate surface area is 193 Å². The summed E-state index contributed by atoms with van der Waals surface area (Å²) >= 11 is 6.06. The van der Waals surface area contributed by atoms with Crippen molar-refractivity contribution in [2.24, 2.45) is 5.10 Å². The lowest BCUT2D eigenvalue weighted by atomic mass is 9.98. The molecule has 0 aliphatic carbocycles. The number of rotatable bonds is 9. The van der Waals surface area contributed by atoms with E-state index in [1.807, 2.05) is 36.4 Å². The molecule has 8 heteroatoms. The summed E-state index contributed by atoms with van der Waals surface area (Å²) in [6, 6.07) is 14.7. The Morgan fingerprint density at radius 1 is 1.12 bits per heavy atom. The molecule has 32 heavy (non-hydrogen) atoms. The van der Waals surface area contributed by atoms with Gasteiger partial charge in [0.25, 0.3) is 5.91 Å². The highest BCUT2D eigenvalue weighted by molar-refractivity contribution is 6.30. The van der Waals surface area contributed by atoms with E-state index in [4.69, 9.17) is 21.1 Å². The van der Waals surface area contributed by atoms with Crippen LogP contribution in [0.1, 0.15) is 36.9 Å². The summed E-state index contributed by atoms with van der Waals surface area (Å²) in [4.78, 5) is 27.2. The van der Waals surface area contributed by atoms with Crippen LogP contribution in [0.25, 0.3) is 0 Å². The molecule has 0 saturated carbocycles. The van der Waals surface area contributed by atoms with Crippen molar-refractivity contribution < 1.29 is 19.1 Å². The second kappa shape index (κ2) is 11.1. The van der Waals surface area contributed by atoms with Crippen LogP contribution in [-0.4, -0.2) is 61.4 Å². The first-order chi connectivity index (χ1) is 15.5. The summed E-state index contributed by atoms with van der Waals surface area (Å²) in [5, 5.41) is 6.79. The van der Waals surface area contributed by atoms with Gasteiger partial charge in [0.05, 0.1) is 25.5 Å². The second-order valence-electron chi connectivity index (χ2n) is 7.45. The molecule has 0 N–H and O–H groups in total. The van der Waals surface area contributed by atoms with Crippen molar-refractivity contribution >= 4 is 29.1 Å². The Morgan fingerprint density at radius 2 is 1.81 bits per heavy atom. The van der Waals surface area contributed by atoms with Crippen molar-refractivity contribution in [1.29, 1.82) is 0 Å². The van der Waals surface area contributed by atoms with Gasteiger partial charge in [-0.05, 0) is 47.5 Å². The standard InChI is InChI=1S/C24H28ClN3O4/c1-4-23(29)27(13-14-31-2)16-24(30)28-22(18-5-9-19(25)10-6-18)15-21(26-28)17-7-11-20(32-3)12-8-17/h5-12,22H,4,13-16H2,1-3H3/t22-/m0/s1. The maximum atomic E-state index is 13.3. The number of nitrogens with zero attached hydrogens (tertiary/aromatic N) is 3. The molecule has 3 rings (SSSR count). The number of benzene rings is 2. The van der Waals surface area contributed by atoms with Gasteiger partial charge in [0, 0.05) is 31.5 Å². The summed E-state index contributed by atoms with van der Waals surface area (Å²) in [6.07, 6.45) is 0.872. The highest BCUT2D eigenvalue weighted by atomic mass is 35.5. The Morgan fingerprint density at radius 3 is 2.41 bits per heavy atom. The van der Waals surface area contributed by atoms with Crippen LogP contribution in [0, 0.1) is 0 Å². The van der Waals surface area contributed by atoms with E-state index in [1.165, 1.54) is 9.91 Å². The number of hydrazone groups is 1. The summed E-state index contributed by atoms with van der Waals surface area (Å²) in [6.45, 7) is 2.43. The van der Waals surface area contributed by atoms with Gasteiger partial charge in [-0.2, -0.15) is 5.10 Å². The summed E-state index contributed by atoms with van der Waals surface area (Å²) < 4.78 is 10.3. The summed E-state index contributed by atoms with van der Waals surface area (Å²) in [5.74, 6) is 0.407. The third kappa shape index (κ3) is 5.66. The molecule has 2 aromatic carbocycles. The zero-order valence-corrected chi connectivity index (χ0v) is 19.3. The molecule has 2 amide bonds. The molecule has 1 aliphatic heterocycles. The van der Waals surface area contributed by atoms with Gasteiger partial charge in [0.15, 0.2) is 0 Å². The molecule has 0 fully saturated rings. The highest BCUT2D eigenvalue weighted by Gasteiger charge is 2.34. The molecule has 2 aromatic rings. The van der Waals surface area contributed by atoms with E-state index in [1.54, 1.807) is 33.3 Å². The van der Waals surface area contributed by atoms with Crippen molar-refractivity contribution in [1.82, 2.24) is 9.91 Å². The second-order valence-corrected chi connectivity index (χ2v) is 7.88. The van der Waals surface area contributed by atoms with Crippen LogP contribution in [0.5, 0.6) is 5.75 Å². The molecule has 7 nitrogen and oxygen atoms in total. The van der Waals surface area contributed by atoms with E-state index < -0.39 is 0 Å². The van der Waals surface area contributed by atoms with E-state index in [9.17, 15) is 9.59 Å². The highest BCUT2D eigenvalue weighted by Crippen LogP contribution is 2.33. The van der Waals surface area contributed by atoms with Gasteiger partial charge in [0.2, 0.25) is 5.91 Å². The average molecular weight is 458 g/mol. The van der Waals surface area contributed by atoms with Crippen molar-refractivity contribution in [3.8, 4) is 5.75 Å². The SMILES string of the molecule is CCC(=O)N(CCOC)CC(=O)N1N=C(c2ccc(OC)cc2)C[C@H]1c1ccc(Cl)cc1. The molecular formula is C24H28ClN3O4. The van der Waals surface area contributed by atoms with Crippen LogP contribution in [0.3, 0.4) is 0 Å². The minimum absolute atomic E-state index is 0.0560. The number of hydrogen-bond donors (Lipinski definition) is 0. The molecule has 1 aliphatic rings. The lowest BCUT2D eigenvalue weighted by Crippen LogP contribution is -2.42. The topological polar surface area (TPSA) is 71.4 Å². The van der Waals surface area contributed by atoms with Crippen LogP contribution < -0.4 is 4.74 Å². The van der Waals surface area contributed by atoms with Gasteiger partial charge in [0.1, 0.15) is 12.3 Å². The lowest BCUT2D eigenvalue weighted by molar-refractivity contribution is -0.141. The Hall–Kier alpha value is -2.90. The van der Waals surface area contributed by atoms with E-state index in [2.05, 4.69) is 5.10 Å². The van der Waals surface area contributed by atoms with Crippen molar-refractivity contribution in [3.63, 3.8) is 0 Å². The zero-order chi connectivity index (χ0) is 23.1. The normalized spacial score (nSPS) is 15.4. The third-order valence-electron chi connectivity index (χ3n) is 5.39. The molecule has 0 unspecified atom stereocenters. The monoisotopic (exact) mass is 457 g/mol. The first kappa shape index (κ1) is 23.8. The van der Waals surface area contributed by atoms with Crippen molar-refractivity contribution in [2.45, 2.75) is 25.8 Å². The zero-order valence-electron chi connectivity index (χ0n) is 18.6. The molecule has 0 spiro atoms. The van der Waals surface area contributed by atoms with Gasteiger partial charge in [-0.1, -0.05) is 30.7 Å². The number of hydrogen-bond acceptors (Lipinski definition) is 5. The van der Waals surface area contributed by atoms with E-state index in [0.29, 0.717) is 31.0 Å².